The molecule has 0 spiro atoms. The number of fused-ring (bicyclic) bond motifs is 1. The smallest absolute Gasteiger partial charge is 0.369 e. The summed E-state index contributed by atoms with van der Waals surface area (Å²) in [5, 5.41) is 11.3. The second-order valence-corrected chi connectivity index (χ2v) is 7.86. The third-order valence-electron chi connectivity index (χ3n) is 6.24. The topological polar surface area (TPSA) is 101 Å². The molecule has 2 aromatic rings. The molecule has 2 heterocycles. The van der Waals surface area contributed by atoms with E-state index < -0.39 is 41.1 Å². The average molecular weight is 413 g/mol. The first-order chi connectivity index (χ1) is 14.3. The number of ether oxygens (including phenoxy) is 1. The number of hydrogen-bond donors (Lipinski definition) is 2. The van der Waals surface area contributed by atoms with Gasteiger partial charge in [-0.1, -0.05) is 24.3 Å². The Morgan fingerprint density at radius 1 is 1.13 bits per heavy atom. The molecule has 4 rings (SSSR count). The van der Waals surface area contributed by atoms with Gasteiger partial charge in [-0.2, -0.15) is 0 Å². The predicted octanol–water partition coefficient (Wildman–Crippen LogP) is 0.535. The Hall–Kier alpha value is -3.26. The number of halogens is 1. The van der Waals surface area contributed by atoms with Crippen LogP contribution in [0.15, 0.2) is 48.5 Å². The fourth-order valence-electron chi connectivity index (χ4n) is 4.83. The van der Waals surface area contributed by atoms with Crippen molar-refractivity contribution < 1.29 is 33.9 Å². The van der Waals surface area contributed by atoms with Gasteiger partial charge in [-0.3, -0.25) is 14.5 Å². The van der Waals surface area contributed by atoms with E-state index in [1.165, 1.54) is 38.4 Å². The number of hydrogen-bond acceptors (Lipinski definition) is 5. The van der Waals surface area contributed by atoms with Gasteiger partial charge in [-0.15, -0.1) is 0 Å². The van der Waals surface area contributed by atoms with Crippen molar-refractivity contribution in [2.75, 3.05) is 14.2 Å². The third-order valence-corrected chi connectivity index (χ3v) is 6.24. The first kappa shape index (κ1) is 20.0. The van der Waals surface area contributed by atoms with Gasteiger partial charge in [0.05, 0.1) is 7.11 Å². The fraction of sp³-hybridized carbons (Fsp3) is 0.318. The molecule has 8 heteroatoms. The highest BCUT2D eigenvalue weighted by Crippen LogP contribution is 2.45. The fourth-order valence-corrected chi connectivity index (χ4v) is 4.83. The second kappa shape index (κ2) is 7.21. The van der Waals surface area contributed by atoms with E-state index in [9.17, 15) is 23.9 Å². The molecule has 0 aromatic heterocycles. The number of carbonyl (C=O) groups excluding carboxylic acids is 3. The second-order valence-electron chi connectivity index (χ2n) is 7.86. The van der Waals surface area contributed by atoms with Crippen molar-refractivity contribution in [3.05, 3.63) is 65.5 Å². The Morgan fingerprint density at radius 3 is 2.37 bits per heavy atom. The Balaban J connectivity index is 1.84. The van der Waals surface area contributed by atoms with Gasteiger partial charge in [0, 0.05) is 19.0 Å². The molecule has 30 heavy (non-hydrogen) atoms. The van der Waals surface area contributed by atoms with Gasteiger partial charge in [0.1, 0.15) is 29.4 Å². The average Bonchev–Trinajstić information content (AvgIpc) is 3.20. The number of aromatic hydroxyl groups is 1. The van der Waals surface area contributed by atoms with Gasteiger partial charge in [0.15, 0.2) is 0 Å². The number of phenols is 1. The maximum Gasteiger partial charge on any atom is 0.369 e. The molecule has 2 aliphatic rings. The molecular formula is C22H22FN2O5+. The summed E-state index contributed by atoms with van der Waals surface area (Å²) in [5.41, 5.74) is -0.00506. The Kier molecular flexibility index (Phi) is 4.82. The van der Waals surface area contributed by atoms with E-state index in [4.69, 9.17) is 4.74 Å². The molecule has 2 amide bonds. The van der Waals surface area contributed by atoms with Crippen LogP contribution in [0, 0.1) is 17.7 Å². The summed E-state index contributed by atoms with van der Waals surface area (Å²) in [5.74, 6) is -3.44. The standard InChI is InChI=1S/C22H21FN2O5/c1-25-19(27)16-17(20(25)28)22(21(29)30-2,11-12-3-9-15(26)10-4-12)24-18(16)13-5-7-14(23)8-6-13/h3-10,16-18,24,26H,11H2,1-2H3/p+1/t16-,17+,18-,22-/m1/s1. The highest BCUT2D eigenvalue weighted by molar-refractivity contribution is 6.08. The van der Waals surface area contributed by atoms with E-state index in [2.05, 4.69) is 0 Å². The number of esters is 1. The molecule has 2 aromatic carbocycles. The largest absolute Gasteiger partial charge is 0.508 e. The number of amides is 2. The van der Waals surface area contributed by atoms with Gasteiger partial charge >= 0.3 is 5.97 Å². The zero-order chi connectivity index (χ0) is 21.6. The van der Waals surface area contributed by atoms with Crippen LogP contribution in [-0.4, -0.2) is 47.5 Å². The Bertz CT molecular complexity index is 1010. The summed E-state index contributed by atoms with van der Waals surface area (Å²) >= 11 is 0. The van der Waals surface area contributed by atoms with Gasteiger partial charge < -0.3 is 15.2 Å². The summed E-state index contributed by atoms with van der Waals surface area (Å²) < 4.78 is 18.6. The van der Waals surface area contributed by atoms with Crippen LogP contribution in [0.5, 0.6) is 5.75 Å². The SMILES string of the molecule is COC(=O)[C@]1(Cc2ccc(O)cc2)[NH2+][C@H](c2ccc(F)cc2)[C@@H]2C(=O)N(C)C(=O)[C@H]21. The van der Waals surface area contributed by atoms with Crippen molar-refractivity contribution in [2.45, 2.75) is 18.0 Å². The van der Waals surface area contributed by atoms with Crippen molar-refractivity contribution in [1.29, 1.82) is 0 Å². The van der Waals surface area contributed by atoms with Crippen molar-refractivity contribution in [3.8, 4) is 5.75 Å². The van der Waals surface area contributed by atoms with Crippen LogP contribution in [0.4, 0.5) is 4.39 Å². The number of phenolic OH excluding ortho intramolecular Hbond substituents is 1. The molecule has 156 valence electrons. The molecule has 2 fully saturated rings. The van der Waals surface area contributed by atoms with Gasteiger partial charge in [0.2, 0.25) is 17.4 Å². The Morgan fingerprint density at radius 2 is 1.77 bits per heavy atom. The third kappa shape index (κ3) is 2.95. The van der Waals surface area contributed by atoms with E-state index in [-0.39, 0.29) is 18.1 Å². The molecule has 0 aliphatic carbocycles. The van der Waals surface area contributed by atoms with E-state index >= 15 is 0 Å². The normalized spacial score (nSPS) is 28.0. The molecule has 7 nitrogen and oxygen atoms in total. The van der Waals surface area contributed by atoms with Crippen molar-refractivity contribution >= 4 is 17.8 Å². The molecule has 2 saturated heterocycles. The predicted molar refractivity (Wildman–Crippen MR) is 102 cm³/mol. The molecule has 3 N–H and O–H groups in total. The molecule has 0 unspecified atom stereocenters. The van der Waals surface area contributed by atoms with Gasteiger partial charge in [-0.25, -0.2) is 9.18 Å². The minimum absolute atomic E-state index is 0.0789. The van der Waals surface area contributed by atoms with Crippen molar-refractivity contribution in [2.24, 2.45) is 11.8 Å². The summed E-state index contributed by atoms with van der Waals surface area (Å²) in [4.78, 5) is 40.2. The highest BCUT2D eigenvalue weighted by atomic mass is 19.1. The van der Waals surface area contributed by atoms with Crippen LogP contribution in [0.25, 0.3) is 0 Å². The zero-order valence-corrected chi connectivity index (χ0v) is 16.5. The number of nitrogens with two attached hydrogens (primary N) is 1. The van der Waals surface area contributed by atoms with Crippen LogP contribution in [0.3, 0.4) is 0 Å². The quantitative estimate of drug-likeness (QED) is 0.563. The van der Waals surface area contributed by atoms with E-state index in [0.717, 1.165) is 4.90 Å². The molecule has 0 saturated carbocycles. The number of imide groups is 1. The number of rotatable bonds is 4. The summed E-state index contributed by atoms with van der Waals surface area (Å²) in [6, 6.07) is 11.5. The lowest BCUT2D eigenvalue weighted by molar-refractivity contribution is -0.734. The monoisotopic (exact) mass is 413 g/mol. The summed E-state index contributed by atoms with van der Waals surface area (Å²) in [7, 11) is 2.66. The molecule has 0 radical (unpaired) electrons. The number of carbonyl (C=O) groups is 3. The lowest BCUT2D eigenvalue weighted by Crippen LogP contribution is -2.98. The minimum Gasteiger partial charge on any atom is -0.508 e. The van der Waals surface area contributed by atoms with Crippen LogP contribution in [0.1, 0.15) is 17.2 Å². The highest BCUT2D eigenvalue weighted by Gasteiger charge is 2.71. The zero-order valence-electron chi connectivity index (χ0n) is 16.5. The van der Waals surface area contributed by atoms with Crippen LogP contribution >= 0.6 is 0 Å². The number of methoxy groups -OCH3 is 1. The van der Waals surface area contributed by atoms with Crippen LogP contribution in [0.2, 0.25) is 0 Å². The maximum absolute atomic E-state index is 13.5. The molecule has 2 aliphatic heterocycles. The van der Waals surface area contributed by atoms with E-state index in [0.29, 0.717) is 11.1 Å². The van der Waals surface area contributed by atoms with Crippen LogP contribution < -0.4 is 5.32 Å². The van der Waals surface area contributed by atoms with E-state index in [1.54, 1.807) is 29.6 Å². The van der Waals surface area contributed by atoms with Crippen LogP contribution in [-0.2, 0) is 25.5 Å². The summed E-state index contributed by atoms with van der Waals surface area (Å²) in [6.45, 7) is 0. The van der Waals surface area contributed by atoms with Gasteiger partial charge in [0.25, 0.3) is 0 Å². The number of benzene rings is 2. The molecule has 4 atom stereocenters. The van der Waals surface area contributed by atoms with Crippen molar-refractivity contribution in [3.63, 3.8) is 0 Å². The number of nitrogens with zero attached hydrogens (tertiary/aromatic N) is 1. The first-order valence-corrected chi connectivity index (χ1v) is 9.57. The van der Waals surface area contributed by atoms with E-state index in [1.807, 2.05) is 0 Å². The lowest BCUT2D eigenvalue weighted by Gasteiger charge is -2.29. The summed E-state index contributed by atoms with van der Waals surface area (Å²) in [6.07, 6.45) is 0.131. The lowest BCUT2D eigenvalue weighted by atomic mass is 9.76. The minimum atomic E-state index is -1.37. The number of likely N-dealkylation sites (tertiary alicyclic amines) is 1. The maximum atomic E-state index is 13.5. The van der Waals surface area contributed by atoms with Crippen molar-refractivity contribution in [1.82, 2.24) is 4.90 Å². The first-order valence-electron chi connectivity index (χ1n) is 9.57. The Labute approximate surface area is 172 Å². The molecule has 0 bridgehead atoms. The number of quaternary nitrogens is 1. The molecular weight excluding hydrogens is 391 g/mol. The van der Waals surface area contributed by atoms with Gasteiger partial charge in [-0.05, 0) is 29.8 Å².